The highest BCUT2D eigenvalue weighted by molar-refractivity contribution is 5.44. The smallest absolute Gasteiger partial charge is 0.129 e. The lowest BCUT2D eigenvalue weighted by Gasteiger charge is -2.36. The number of aryl methyl sites for hydroxylation is 1. The zero-order valence-electron chi connectivity index (χ0n) is 13.5. The summed E-state index contributed by atoms with van der Waals surface area (Å²) in [6, 6.07) is 4.85. The molecule has 0 aliphatic rings. The SMILES string of the molecule is CCC(C)(C)N(C)c1cc(CNC(C)C)cc(C)n1. The van der Waals surface area contributed by atoms with Gasteiger partial charge in [-0.15, -0.1) is 0 Å². The molecule has 1 aromatic rings. The van der Waals surface area contributed by atoms with Gasteiger partial charge in [-0.2, -0.15) is 0 Å². The van der Waals surface area contributed by atoms with Gasteiger partial charge in [-0.25, -0.2) is 4.98 Å². The van der Waals surface area contributed by atoms with E-state index in [2.05, 4.69) is 75.9 Å². The van der Waals surface area contributed by atoms with Gasteiger partial charge >= 0.3 is 0 Å². The summed E-state index contributed by atoms with van der Waals surface area (Å²) in [4.78, 5) is 6.95. The first-order chi connectivity index (χ1) is 8.76. The predicted molar refractivity (Wildman–Crippen MR) is 83.7 cm³/mol. The van der Waals surface area contributed by atoms with Crippen molar-refractivity contribution in [1.29, 1.82) is 0 Å². The molecule has 0 bridgehead atoms. The van der Waals surface area contributed by atoms with Crippen LogP contribution < -0.4 is 10.2 Å². The topological polar surface area (TPSA) is 28.2 Å². The van der Waals surface area contributed by atoms with Crippen molar-refractivity contribution in [3.8, 4) is 0 Å². The first kappa shape index (κ1) is 16.0. The molecule has 0 aromatic carbocycles. The first-order valence-corrected chi connectivity index (χ1v) is 7.21. The standard InChI is InChI=1S/C16H29N3/c1-8-16(5,6)19(7)15-10-14(9-13(4)18-15)11-17-12(2)3/h9-10,12,17H,8,11H2,1-7H3. The summed E-state index contributed by atoms with van der Waals surface area (Å²) in [5.41, 5.74) is 2.51. The van der Waals surface area contributed by atoms with Crippen LogP contribution in [0.5, 0.6) is 0 Å². The minimum atomic E-state index is 0.129. The van der Waals surface area contributed by atoms with E-state index in [1.807, 2.05) is 0 Å². The Hall–Kier alpha value is -1.09. The maximum absolute atomic E-state index is 4.67. The molecule has 0 unspecified atom stereocenters. The molecule has 19 heavy (non-hydrogen) atoms. The van der Waals surface area contributed by atoms with Gasteiger partial charge in [0.15, 0.2) is 0 Å². The van der Waals surface area contributed by atoms with Gasteiger partial charge < -0.3 is 10.2 Å². The van der Waals surface area contributed by atoms with Crippen molar-refractivity contribution in [1.82, 2.24) is 10.3 Å². The largest absolute Gasteiger partial charge is 0.355 e. The van der Waals surface area contributed by atoms with Crippen molar-refractivity contribution in [2.45, 2.75) is 66.1 Å². The van der Waals surface area contributed by atoms with Crippen LogP contribution in [0, 0.1) is 6.92 Å². The second-order valence-electron chi connectivity index (χ2n) is 6.24. The van der Waals surface area contributed by atoms with E-state index < -0.39 is 0 Å². The number of hydrogen-bond acceptors (Lipinski definition) is 3. The zero-order chi connectivity index (χ0) is 14.6. The lowest BCUT2D eigenvalue weighted by molar-refractivity contribution is 0.466. The summed E-state index contributed by atoms with van der Waals surface area (Å²) in [6.07, 6.45) is 1.10. The van der Waals surface area contributed by atoms with Gasteiger partial charge in [0.1, 0.15) is 5.82 Å². The van der Waals surface area contributed by atoms with Crippen molar-refractivity contribution in [3.05, 3.63) is 23.4 Å². The molecule has 0 aliphatic heterocycles. The van der Waals surface area contributed by atoms with Gasteiger partial charge in [0.25, 0.3) is 0 Å². The summed E-state index contributed by atoms with van der Waals surface area (Å²) in [7, 11) is 2.13. The van der Waals surface area contributed by atoms with Crippen LogP contribution in [0.3, 0.4) is 0 Å². The third-order valence-corrected chi connectivity index (χ3v) is 3.83. The molecule has 0 aliphatic carbocycles. The van der Waals surface area contributed by atoms with Crippen LogP contribution in [-0.2, 0) is 6.54 Å². The molecule has 1 rings (SSSR count). The van der Waals surface area contributed by atoms with Crippen LogP contribution >= 0.6 is 0 Å². The number of hydrogen-bond donors (Lipinski definition) is 1. The van der Waals surface area contributed by atoms with E-state index in [4.69, 9.17) is 0 Å². The zero-order valence-corrected chi connectivity index (χ0v) is 13.5. The maximum Gasteiger partial charge on any atom is 0.129 e. The van der Waals surface area contributed by atoms with E-state index in [-0.39, 0.29) is 5.54 Å². The monoisotopic (exact) mass is 263 g/mol. The average Bonchev–Trinajstić information content (AvgIpc) is 2.34. The summed E-state index contributed by atoms with van der Waals surface area (Å²) in [5, 5.41) is 3.46. The molecular formula is C16H29N3. The minimum absolute atomic E-state index is 0.129. The molecule has 1 aromatic heterocycles. The molecule has 0 saturated carbocycles. The Morgan fingerprint density at radius 3 is 2.47 bits per heavy atom. The van der Waals surface area contributed by atoms with Crippen LogP contribution in [0.1, 0.15) is 52.3 Å². The van der Waals surface area contributed by atoms with E-state index in [0.717, 1.165) is 24.5 Å². The van der Waals surface area contributed by atoms with E-state index in [0.29, 0.717) is 6.04 Å². The van der Waals surface area contributed by atoms with Gasteiger partial charge in [-0.1, -0.05) is 20.8 Å². The average molecular weight is 263 g/mol. The van der Waals surface area contributed by atoms with Crippen molar-refractivity contribution in [3.63, 3.8) is 0 Å². The molecular weight excluding hydrogens is 234 g/mol. The van der Waals surface area contributed by atoms with Gasteiger partial charge in [0.2, 0.25) is 0 Å². The number of anilines is 1. The fraction of sp³-hybridized carbons (Fsp3) is 0.688. The summed E-state index contributed by atoms with van der Waals surface area (Å²) >= 11 is 0. The lowest BCUT2D eigenvalue weighted by Crippen LogP contribution is -2.41. The highest BCUT2D eigenvalue weighted by Gasteiger charge is 2.22. The Bertz CT molecular complexity index is 410. The molecule has 0 amide bonds. The molecule has 108 valence electrons. The molecule has 3 heteroatoms. The highest BCUT2D eigenvalue weighted by atomic mass is 15.2. The minimum Gasteiger partial charge on any atom is -0.355 e. The second-order valence-corrected chi connectivity index (χ2v) is 6.24. The van der Waals surface area contributed by atoms with Crippen LogP contribution in [0.25, 0.3) is 0 Å². The van der Waals surface area contributed by atoms with Crippen LogP contribution in [0.2, 0.25) is 0 Å². The van der Waals surface area contributed by atoms with Gasteiger partial charge in [-0.3, -0.25) is 0 Å². The molecule has 0 radical (unpaired) electrons. The van der Waals surface area contributed by atoms with Crippen molar-refractivity contribution in [2.24, 2.45) is 0 Å². The second kappa shape index (κ2) is 6.38. The first-order valence-electron chi connectivity index (χ1n) is 7.21. The Labute approximate surface area is 118 Å². The van der Waals surface area contributed by atoms with Crippen LogP contribution in [-0.4, -0.2) is 23.6 Å². The summed E-state index contributed by atoms with van der Waals surface area (Å²) < 4.78 is 0. The number of pyridine rings is 1. The van der Waals surface area contributed by atoms with Crippen molar-refractivity contribution >= 4 is 5.82 Å². The Kier molecular flexibility index (Phi) is 5.36. The molecule has 3 nitrogen and oxygen atoms in total. The molecule has 0 fully saturated rings. The lowest BCUT2D eigenvalue weighted by atomic mass is 10.00. The van der Waals surface area contributed by atoms with Crippen molar-refractivity contribution in [2.75, 3.05) is 11.9 Å². The van der Waals surface area contributed by atoms with Crippen LogP contribution in [0.4, 0.5) is 5.82 Å². The Balaban J connectivity index is 2.96. The van der Waals surface area contributed by atoms with Crippen molar-refractivity contribution < 1.29 is 0 Å². The highest BCUT2D eigenvalue weighted by Crippen LogP contribution is 2.24. The van der Waals surface area contributed by atoms with E-state index in [1.54, 1.807) is 0 Å². The normalized spacial score (nSPS) is 12.0. The third kappa shape index (κ3) is 4.50. The fourth-order valence-electron chi connectivity index (χ4n) is 1.86. The predicted octanol–water partition coefficient (Wildman–Crippen LogP) is 3.51. The molecule has 0 atom stereocenters. The van der Waals surface area contributed by atoms with Gasteiger partial charge in [-0.05, 0) is 44.9 Å². The molecule has 0 spiro atoms. The van der Waals surface area contributed by atoms with E-state index in [9.17, 15) is 0 Å². The molecule has 1 heterocycles. The number of nitrogens with one attached hydrogen (secondary N) is 1. The number of rotatable bonds is 6. The number of aromatic nitrogens is 1. The summed E-state index contributed by atoms with van der Waals surface area (Å²) in [5.74, 6) is 1.06. The van der Waals surface area contributed by atoms with Gasteiger partial charge in [0.05, 0.1) is 0 Å². The number of nitrogens with zero attached hydrogens (tertiary/aromatic N) is 2. The molecule has 1 N–H and O–H groups in total. The quantitative estimate of drug-likeness (QED) is 0.851. The maximum atomic E-state index is 4.67. The van der Waals surface area contributed by atoms with Crippen LogP contribution in [0.15, 0.2) is 12.1 Å². The van der Waals surface area contributed by atoms with E-state index >= 15 is 0 Å². The fourth-order valence-corrected chi connectivity index (χ4v) is 1.86. The van der Waals surface area contributed by atoms with E-state index in [1.165, 1.54) is 5.56 Å². The third-order valence-electron chi connectivity index (χ3n) is 3.83. The Morgan fingerprint density at radius 1 is 1.32 bits per heavy atom. The summed E-state index contributed by atoms with van der Waals surface area (Å²) in [6.45, 7) is 14.0. The Morgan fingerprint density at radius 2 is 1.95 bits per heavy atom. The van der Waals surface area contributed by atoms with Gasteiger partial charge in [0, 0.05) is 30.9 Å². The molecule has 0 saturated heterocycles.